The predicted octanol–water partition coefficient (Wildman–Crippen LogP) is 3.67. The van der Waals surface area contributed by atoms with Gasteiger partial charge in [-0.1, -0.05) is 41.2 Å². The van der Waals surface area contributed by atoms with Gasteiger partial charge in [-0.15, -0.1) is 0 Å². The van der Waals surface area contributed by atoms with Crippen molar-refractivity contribution in [2.24, 2.45) is 11.1 Å². The van der Waals surface area contributed by atoms with Gasteiger partial charge in [-0.3, -0.25) is 0 Å². The first kappa shape index (κ1) is 18.3. The third-order valence-corrected chi connectivity index (χ3v) is 6.03. The van der Waals surface area contributed by atoms with Crippen molar-refractivity contribution in [1.29, 1.82) is 0 Å². The maximum Gasteiger partial charge on any atom is 0.341 e. The topological polar surface area (TPSA) is 99.4 Å². The Morgan fingerprint density at radius 3 is 2.56 bits per heavy atom. The summed E-state index contributed by atoms with van der Waals surface area (Å²) in [5.41, 5.74) is -0.237. The summed E-state index contributed by atoms with van der Waals surface area (Å²) < 4.78 is 5.25. The lowest BCUT2D eigenvalue weighted by molar-refractivity contribution is -0.139. The Balaban J connectivity index is 2.15. The Labute approximate surface area is 155 Å². The molecule has 6 nitrogen and oxygen atoms in total. The van der Waals surface area contributed by atoms with Gasteiger partial charge >= 0.3 is 5.97 Å². The number of rotatable bonds is 4. The van der Waals surface area contributed by atoms with Gasteiger partial charge in [0.15, 0.2) is 6.61 Å². The first-order valence-electron chi connectivity index (χ1n) is 8.10. The van der Waals surface area contributed by atoms with Crippen LogP contribution in [0.15, 0.2) is 11.2 Å². The minimum Gasteiger partial charge on any atom is -0.480 e. The van der Waals surface area contributed by atoms with Crippen molar-refractivity contribution in [3.8, 4) is 5.75 Å². The monoisotopic (exact) mass is 387 g/mol. The zero-order valence-corrected chi connectivity index (χ0v) is 15.1. The Hall–Kier alpha value is -1.50. The second-order valence-electron chi connectivity index (χ2n) is 6.77. The number of hydrogen-bond donors (Lipinski definition) is 3. The number of fused-ring (bicyclic) bond motifs is 1. The zero-order chi connectivity index (χ0) is 18.4. The van der Waals surface area contributed by atoms with Gasteiger partial charge in [-0.25, -0.2) is 4.79 Å². The highest BCUT2D eigenvalue weighted by Crippen LogP contribution is 2.54. The number of oxime groups is 1. The van der Waals surface area contributed by atoms with Crippen molar-refractivity contribution in [2.45, 2.75) is 44.1 Å². The van der Waals surface area contributed by atoms with E-state index in [4.69, 9.17) is 33.0 Å². The van der Waals surface area contributed by atoms with Gasteiger partial charge in [0.05, 0.1) is 5.02 Å². The van der Waals surface area contributed by atoms with E-state index in [0.29, 0.717) is 11.1 Å². The molecule has 1 saturated carbocycles. The number of carbonyl (C=O) groups is 1. The van der Waals surface area contributed by atoms with Gasteiger partial charge in [-0.05, 0) is 37.3 Å². The van der Waals surface area contributed by atoms with Crippen LogP contribution in [0.2, 0.25) is 10.0 Å². The fourth-order valence-corrected chi connectivity index (χ4v) is 4.71. The molecule has 1 aromatic carbocycles. The largest absolute Gasteiger partial charge is 0.480 e. The van der Waals surface area contributed by atoms with E-state index in [-0.39, 0.29) is 33.3 Å². The number of aliphatic carboxylic acids is 1. The van der Waals surface area contributed by atoms with Gasteiger partial charge in [0.2, 0.25) is 0 Å². The molecule has 1 fully saturated rings. The van der Waals surface area contributed by atoms with Gasteiger partial charge in [0.1, 0.15) is 22.1 Å². The molecule has 8 heteroatoms. The fourth-order valence-electron chi connectivity index (χ4n) is 4.21. The number of ether oxygens (including phenoxy) is 1. The van der Waals surface area contributed by atoms with Gasteiger partial charge in [0.25, 0.3) is 0 Å². The van der Waals surface area contributed by atoms with Crippen molar-refractivity contribution in [3.63, 3.8) is 0 Å². The molecule has 0 heterocycles. The molecule has 2 atom stereocenters. The van der Waals surface area contributed by atoms with Crippen molar-refractivity contribution in [1.82, 2.24) is 0 Å². The summed E-state index contributed by atoms with van der Waals surface area (Å²) in [6.45, 7) is 1.05. The summed E-state index contributed by atoms with van der Waals surface area (Å²) >= 11 is 12.6. The summed E-state index contributed by atoms with van der Waals surface area (Å²) in [5, 5.41) is 32.8. The fraction of sp³-hybridized carbons (Fsp3) is 0.529. The van der Waals surface area contributed by atoms with Crippen LogP contribution in [0.3, 0.4) is 0 Å². The van der Waals surface area contributed by atoms with Gasteiger partial charge in [0, 0.05) is 11.5 Å². The number of carboxylic acid groups (broad SMARTS) is 1. The molecule has 0 amide bonds. The van der Waals surface area contributed by atoms with E-state index in [2.05, 4.69) is 5.16 Å². The molecule has 0 saturated heterocycles. The molecule has 2 aliphatic carbocycles. The summed E-state index contributed by atoms with van der Waals surface area (Å²) in [4.78, 5) is 10.8. The lowest BCUT2D eigenvalue weighted by Gasteiger charge is -2.31. The minimum atomic E-state index is -1.40. The quantitative estimate of drug-likeness (QED) is 0.540. The van der Waals surface area contributed by atoms with Crippen LogP contribution in [0.4, 0.5) is 0 Å². The first-order chi connectivity index (χ1) is 11.8. The van der Waals surface area contributed by atoms with Crippen LogP contribution < -0.4 is 4.74 Å². The molecule has 3 N–H and O–H groups in total. The highest BCUT2D eigenvalue weighted by Gasteiger charge is 2.52. The van der Waals surface area contributed by atoms with Crippen molar-refractivity contribution in [2.75, 3.05) is 6.61 Å². The summed E-state index contributed by atoms with van der Waals surface area (Å²) in [6.07, 6.45) is 4.04. The van der Waals surface area contributed by atoms with Crippen molar-refractivity contribution >= 4 is 34.9 Å². The average Bonchev–Trinajstić information content (AvgIpc) is 3.12. The highest BCUT2D eigenvalue weighted by molar-refractivity contribution is 6.45. The second-order valence-corrected chi connectivity index (χ2v) is 7.52. The second kappa shape index (κ2) is 6.67. The van der Waals surface area contributed by atoms with Gasteiger partial charge < -0.3 is 20.2 Å². The Morgan fingerprint density at radius 2 is 2.00 bits per heavy atom. The molecular formula is C17H19Cl2NO5. The number of hydrogen-bond acceptors (Lipinski definition) is 5. The van der Waals surface area contributed by atoms with Crippen LogP contribution >= 0.6 is 23.2 Å². The molecule has 0 aliphatic heterocycles. The summed E-state index contributed by atoms with van der Waals surface area (Å²) in [5.74, 6) is -1.11. The molecule has 0 spiro atoms. The Morgan fingerprint density at radius 1 is 1.36 bits per heavy atom. The zero-order valence-electron chi connectivity index (χ0n) is 13.6. The molecule has 3 rings (SSSR count). The van der Waals surface area contributed by atoms with E-state index in [1.54, 1.807) is 13.0 Å². The number of aliphatic hydroxyl groups is 1. The van der Waals surface area contributed by atoms with Gasteiger partial charge in [-0.2, -0.15) is 0 Å². The van der Waals surface area contributed by atoms with E-state index in [1.807, 2.05) is 0 Å². The van der Waals surface area contributed by atoms with E-state index >= 15 is 0 Å². The maximum absolute atomic E-state index is 11.1. The molecule has 136 valence electrons. The van der Waals surface area contributed by atoms with Crippen LogP contribution in [0, 0.1) is 5.92 Å². The van der Waals surface area contributed by atoms with Crippen molar-refractivity contribution < 1.29 is 25.0 Å². The lowest BCUT2D eigenvalue weighted by atomic mass is 9.78. The molecular weight excluding hydrogens is 369 g/mol. The third kappa shape index (κ3) is 2.96. The SMILES string of the molecule is CC1(O)C(=NO)c2c(cc(OCC(=O)O)c(Cl)c2Cl)C1C1CCCC1. The standard InChI is InChI=1S/C17H19Cl2NO5/c1-17(23)13(8-4-2-3-5-8)9-6-10(25-7-11(21)22)14(18)15(19)12(9)16(17)20-24/h6,8,13,23-24H,2-5,7H2,1H3,(H,21,22). The molecule has 2 unspecified atom stereocenters. The maximum atomic E-state index is 11.1. The number of halogens is 2. The minimum absolute atomic E-state index is 0.0330. The van der Waals surface area contributed by atoms with Crippen LogP contribution in [-0.2, 0) is 4.79 Å². The van der Waals surface area contributed by atoms with Crippen LogP contribution in [0.25, 0.3) is 0 Å². The first-order valence-corrected chi connectivity index (χ1v) is 8.86. The normalized spacial score (nSPS) is 27.7. The van der Waals surface area contributed by atoms with Crippen molar-refractivity contribution in [3.05, 3.63) is 27.2 Å². The number of nitrogens with zero attached hydrogens (tertiary/aromatic N) is 1. The Bertz CT molecular complexity index is 741. The Kier molecular flexibility index (Phi) is 4.88. The molecule has 0 bridgehead atoms. The lowest BCUT2D eigenvalue weighted by Crippen LogP contribution is -2.39. The summed E-state index contributed by atoms with van der Waals surface area (Å²) in [6, 6.07) is 1.61. The third-order valence-electron chi connectivity index (χ3n) is 5.18. The number of carboxylic acids is 1. The van der Waals surface area contributed by atoms with Crippen LogP contribution in [0.1, 0.15) is 49.7 Å². The van der Waals surface area contributed by atoms with Crippen LogP contribution in [-0.4, -0.2) is 39.3 Å². The summed E-state index contributed by atoms with van der Waals surface area (Å²) in [7, 11) is 0. The van der Waals surface area contributed by atoms with E-state index in [9.17, 15) is 15.1 Å². The molecule has 25 heavy (non-hydrogen) atoms. The highest BCUT2D eigenvalue weighted by atomic mass is 35.5. The molecule has 2 aliphatic rings. The number of benzene rings is 1. The van der Waals surface area contributed by atoms with E-state index in [1.165, 1.54) is 0 Å². The molecule has 0 aromatic heterocycles. The smallest absolute Gasteiger partial charge is 0.341 e. The molecule has 1 aromatic rings. The molecule has 0 radical (unpaired) electrons. The predicted molar refractivity (Wildman–Crippen MR) is 93.2 cm³/mol. The van der Waals surface area contributed by atoms with E-state index < -0.39 is 18.2 Å². The van der Waals surface area contributed by atoms with E-state index in [0.717, 1.165) is 25.7 Å². The van der Waals surface area contributed by atoms with Crippen LogP contribution in [0.5, 0.6) is 5.75 Å². The average molecular weight is 388 g/mol.